The molecule has 2 saturated carbocycles. The molecule has 1 aromatic rings. The quantitative estimate of drug-likeness (QED) is 0.300. The number of benzene rings is 1. The van der Waals surface area contributed by atoms with E-state index >= 15 is 0 Å². The molecule has 178 valence electrons. The summed E-state index contributed by atoms with van der Waals surface area (Å²) in [4.78, 5) is 0. The molecule has 2 aliphatic carbocycles. The normalized spacial score (nSPS) is 28.3. The maximum absolute atomic E-state index is 10.2. The number of hydrogen-bond acceptors (Lipinski definition) is 1. The van der Waals surface area contributed by atoms with E-state index in [0.29, 0.717) is 0 Å². The molecule has 0 radical (unpaired) electrons. The SMILES string of the molecule is CCCCCCCc1ccc([C@]2(C#N)CC[C@@H](C3CCC(CCCCC)CC3)CC2)cc1. The standard InChI is InChI=1S/C31H49N/c1-3-5-7-8-10-12-27-15-19-30(20-16-27)31(25-32)23-21-29(22-24-31)28-17-13-26(14-18-28)11-9-6-4-2/h15-16,19-20,26,28-29H,3-14,17-18,21-24H2,1-2H3/t26?,28?,29-,31-. The lowest BCUT2D eigenvalue weighted by atomic mass is 9.62. The van der Waals surface area contributed by atoms with Crippen LogP contribution in [-0.4, -0.2) is 0 Å². The highest BCUT2D eigenvalue weighted by atomic mass is 14.5. The Balaban J connectivity index is 1.45. The molecule has 1 aromatic carbocycles. The van der Waals surface area contributed by atoms with Crippen LogP contribution in [0.2, 0.25) is 0 Å². The van der Waals surface area contributed by atoms with Crippen molar-refractivity contribution in [2.24, 2.45) is 17.8 Å². The molecule has 0 spiro atoms. The van der Waals surface area contributed by atoms with Crippen LogP contribution in [0.5, 0.6) is 0 Å². The summed E-state index contributed by atoms with van der Waals surface area (Å²) >= 11 is 0. The molecular weight excluding hydrogens is 386 g/mol. The van der Waals surface area contributed by atoms with E-state index in [4.69, 9.17) is 0 Å². The van der Waals surface area contributed by atoms with Crippen LogP contribution in [0.3, 0.4) is 0 Å². The molecule has 0 aliphatic heterocycles. The minimum absolute atomic E-state index is 0.229. The molecule has 32 heavy (non-hydrogen) atoms. The van der Waals surface area contributed by atoms with Crippen molar-refractivity contribution < 1.29 is 0 Å². The third-order valence-electron chi connectivity index (χ3n) is 8.95. The molecule has 0 N–H and O–H groups in total. The third-order valence-corrected chi connectivity index (χ3v) is 8.95. The van der Waals surface area contributed by atoms with Crippen molar-refractivity contribution in [3.05, 3.63) is 35.4 Å². The minimum Gasteiger partial charge on any atom is -0.197 e. The van der Waals surface area contributed by atoms with E-state index < -0.39 is 0 Å². The highest BCUT2D eigenvalue weighted by Crippen LogP contribution is 2.47. The molecule has 0 atom stereocenters. The number of unbranched alkanes of at least 4 members (excludes halogenated alkanes) is 6. The molecule has 1 nitrogen and oxygen atoms in total. The zero-order valence-electron chi connectivity index (χ0n) is 21.2. The molecule has 0 unspecified atom stereocenters. The molecule has 0 bridgehead atoms. The first-order chi connectivity index (χ1) is 15.7. The predicted molar refractivity (Wildman–Crippen MR) is 138 cm³/mol. The molecule has 2 aliphatic rings. The van der Waals surface area contributed by atoms with Crippen molar-refractivity contribution in [1.29, 1.82) is 5.26 Å². The zero-order valence-corrected chi connectivity index (χ0v) is 21.2. The first-order valence-electron chi connectivity index (χ1n) is 14.2. The molecule has 3 rings (SSSR count). The third kappa shape index (κ3) is 7.10. The second-order valence-electron chi connectivity index (χ2n) is 11.2. The van der Waals surface area contributed by atoms with Gasteiger partial charge in [0.25, 0.3) is 0 Å². The van der Waals surface area contributed by atoms with Crippen LogP contribution >= 0.6 is 0 Å². The maximum Gasteiger partial charge on any atom is 0.0822 e. The van der Waals surface area contributed by atoms with Gasteiger partial charge < -0.3 is 0 Å². The van der Waals surface area contributed by atoms with Crippen LogP contribution < -0.4 is 0 Å². The lowest BCUT2D eigenvalue weighted by Crippen LogP contribution is -2.33. The first-order valence-corrected chi connectivity index (χ1v) is 14.2. The van der Waals surface area contributed by atoms with Crippen LogP contribution in [0.15, 0.2) is 24.3 Å². The van der Waals surface area contributed by atoms with Gasteiger partial charge in [0.1, 0.15) is 0 Å². The second-order valence-corrected chi connectivity index (χ2v) is 11.2. The van der Waals surface area contributed by atoms with Crippen molar-refractivity contribution in [2.45, 2.75) is 135 Å². The topological polar surface area (TPSA) is 23.8 Å². The summed E-state index contributed by atoms with van der Waals surface area (Å²) in [6.07, 6.45) is 24.1. The van der Waals surface area contributed by atoms with E-state index in [1.54, 1.807) is 0 Å². The van der Waals surface area contributed by atoms with Crippen LogP contribution in [0.1, 0.15) is 134 Å². The van der Waals surface area contributed by atoms with Crippen molar-refractivity contribution in [1.82, 2.24) is 0 Å². The van der Waals surface area contributed by atoms with Gasteiger partial charge in [-0.05, 0) is 80.2 Å². The van der Waals surface area contributed by atoms with Gasteiger partial charge in [-0.2, -0.15) is 5.26 Å². The smallest absolute Gasteiger partial charge is 0.0822 e. The van der Waals surface area contributed by atoms with Gasteiger partial charge in [-0.25, -0.2) is 0 Å². The van der Waals surface area contributed by atoms with Crippen LogP contribution in [0.25, 0.3) is 0 Å². The average molecular weight is 436 g/mol. The zero-order chi connectivity index (χ0) is 22.7. The monoisotopic (exact) mass is 435 g/mol. The Morgan fingerprint density at radius 3 is 1.97 bits per heavy atom. The van der Waals surface area contributed by atoms with Crippen LogP contribution in [-0.2, 0) is 11.8 Å². The number of aryl methyl sites for hydroxylation is 1. The Kier molecular flexibility index (Phi) is 10.6. The van der Waals surface area contributed by atoms with Crippen molar-refractivity contribution in [3.63, 3.8) is 0 Å². The van der Waals surface area contributed by atoms with Crippen LogP contribution in [0.4, 0.5) is 0 Å². The Morgan fingerprint density at radius 2 is 1.34 bits per heavy atom. The summed E-state index contributed by atoms with van der Waals surface area (Å²) < 4.78 is 0. The van der Waals surface area contributed by atoms with E-state index in [1.165, 1.54) is 114 Å². The lowest BCUT2D eigenvalue weighted by Gasteiger charge is -2.41. The Bertz CT molecular complexity index is 665. The summed E-state index contributed by atoms with van der Waals surface area (Å²) in [5.74, 6) is 2.81. The summed E-state index contributed by atoms with van der Waals surface area (Å²) in [7, 11) is 0. The van der Waals surface area contributed by atoms with Gasteiger partial charge in [0.2, 0.25) is 0 Å². The second kappa shape index (κ2) is 13.4. The fourth-order valence-electron chi connectivity index (χ4n) is 6.62. The Hall–Kier alpha value is -1.29. The fraction of sp³-hybridized carbons (Fsp3) is 0.774. The van der Waals surface area contributed by atoms with Gasteiger partial charge >= 0.3 is 0 Å². The van der Waals surface area contributed by atoms with Crippen LogP contribution in [0, 0.1) is 29.1 Å². The molecule has 0 heterocycles. The van der Waals surface area contributed by atoms with Gasteiger partial charge in [-0.1, -0.05) is 102 Å². The number of nitrogens with zero attached hydrogens (tertiary/aromatic N) is 1. The van der Waals surface area contributed by atoms with E-state index in [9.17, 15) is 5.26 Å². The Morgan fingerprint density at radius 1 is 0.750 bits per heavy atom. The molecule has 0 saturated heterocycles. The molecular formula is C31H49N. The van der Waals surface area contributed by atoms with Gasteiger partial charge in [0.05, 0.1) is 11.5 Å². The highest BCUT2D eigenvalue weighted by Gasteiger charge is 2.39. The van der Waals surface area contributed by atoms with Gasteiger partial charge in [-0.15, -0.1) is 0 Å². The van der Waals surface area contributed by atoms with Gasteiger partial charge in [0, 0.05) is 0 Å². The summed E-state index contributed by atoms with van der Waals surface area (Å²) in [6.45, 7) is 4.59. The minimum atomic E-state index is -0.229. The number of hydrogen-bond donors (Lipinski definition) is 0. The van der Waals surface area contributed by atoms with E-state index in [1.807, 2.05) is 0 Å². The number of rotatable bonds is 12. The summed E-state index contributed by atoms with van der Waals surface area (Å²) in [5, 5.41) is 10.2. The maximum atomic E-state index is 10.2. The summed E-state index contributed by atoms with van der Waals surface area (Å²) in [5.41, 5.74) is 2.50. The molecule has 1 heteroatoms. The van der Waals surface area contributed by atoms with Crippen molar-refractivity contribution in [3.8, 4) is 6.07 Å². The first kappa shape index (κ1) is 25.3. The fourth-order valence-corrected chi connectivity index (χ4v) is 6.62. The van der Waals surface area contributed by atoms with E-state index in [2.05, 4.69) is 44.2 Å². The molecule has 0 aromatic heterocycles. The number of nitriles is 1. The van der Waals surface area contributed by atoms with Gasteiger partial charge in [0.15, 0.2) is 0 Å². The lowest BCUT2D eigenvalue weighted by molar-refractivity contribution is 0.143. The highest BCUT2D eigenvalue weighted by molar-refractivity contribution is 5.35. The van der Waals surface area contributed by atoms with Crippen molar-refractivity contribution in [2.75, 3.05) is 0 Å². The van der Waals surface area contributed by atoms with E-state index in [-0.39, 0.29) is 5.41 Å². The summed E-state index contributed by atoms with van der Waals surface area (Å²) in [6, 6.07) is 12.0. The molecule has 2 fully saturated rings. The van der Waals surface area contributed by atoms with Crippen molar-refractivity contribution >= 4 is 0 Å². The predicted octanol–water partition coefficient (Wildman–Crippen LogP) is 9.54. The van der Waals surface area contributed by atoms with E-state index in [0.717, 1.165) is 30.6 Å². The largest absolute Gasteiger partial charge is 0.197 e. The average Bonchev–Trinajstić information content (AvgIpc) is 2.85. The van der Waals surface area contributed by atoms with Gasteiger partial charge in [-0.3, -0.25) is 0 Å². The molecule has 0 amide bonds. The Labute approximate surface area is 199 Å².